The Hall–Kier alpha value is 0.0569. The maximum absolute atomic E-state index is 5.67. The molecule has 0 rings (SSSR count). The molecule has 0 spiro atoms. The van der Waals surface area contributed by atoms with E-state index in [1.54, 1.807) is 7.11 Å². The lowest BCUT2D eigenvalue weighted by atomic mass is 10.3. The predicted octanol–water partition coefficient (Wildman–Crippen LogP) is -1.38. The van der Waals surface area contributed by atoms with E-state index >= 15 is 0 Å². The predicted molar refractivity (Wildman–Crippen MR) is 46.3 cm³/mol. The highest BCUT2D eigenvalue weighted by Crippen LogP contribution is 2.11. The van der Waals surface area contributed by atoms with Gasteiger partial charge in [0.1, 0.15) is 0 Å². The van der Waals surface area contributed by atoms with Crippen LogP contribution in [-0.2, 0) is 14.2 Å². The monoisotopic (exact) mass is 179 g/mol. The van der Waals surface area contributed by atoms with Gasteiger partial charge in [0.2, 0.25) is 5.91 Å². The Morgan fingerprint density at radius 3 is 2.09 bits per heavy atom. The quantitative estimate of drug-likeness (QED) is 0.417. The average molecular weight is 179 g/mol. The van der Waals surface area contributed by atoms with Crippen LogP contribution in [0.3, 0.4) is 0 Å². The van der Waals surface area contributed by atoms with Crippen LogP contribution in [0.25, 0.3) is 0 Å². The minimum Gasteiger partial charge on any atom is -0.386 e. The van der Waals surface area contributed by atoms with Gasteiger partial charge in [-0.05, 0) is 0 Å². The number of ether oxygens (including phenoxy) is 3. The zero-order valence-corrected chi connectivity index (χ0v) is 9.59. The molecule has 68 valence electrons. The third-order valence-electron chi connectivity index (χ3n) is 1.67. The van der Waals surface area contributed by atoms with E-state index < -0.39 is 5.91 Å². The summed E-state index contributed by atoms with van der Waals surface area (Å²) in [6, 6.07) is 0. The van der Waals surface area contributed by atoms with Gasteiger partial charge in [0.25, 0.3) is 0 Å². The third kappa shape index (κ3) is 3.83. The van der Waals surface area contributed by atoms with Gasteiger partial charge in [-0.2, -0.15) is 0 Å². The summed E-state index contributed by atoms with van der Waals surface area (Å²) in [4.78, 5) is 0. The van der Waals surface area contributed by atoms with Crippen LogP contribution in [-0.4, -0.2) is 43.2 Å². The molecule has 0 saturated heterocycles. The zero-order chi connectivity index (χ0) is 8.91. The lowest BCUT2D eigenvalue weighted by Crippen LogP contribution is -2.47. The van der Waals surface area contributed by atoms with Crippen LogP contribution >= 0.6 is 0 Å². The van der Waals surface area contributed by atoms with Gasteiger partial charge in [-0.1, -0.05) is 0 Å². The fraction of sp³-hybridized carbons (Fsp3) is 1.00. The summed E-state index contributed by atoms with van der Waals surface area (Å²) in [5.41, 5.74) is 5.84. The van der Waals surface area contributed by atoms with Gasteiger partial charge in [0, 0.05) is 43.7 Å². The molecular formula is C6H17NO3Si. The number of nitrogens with two attached hydrogens (primary N) is 1. The van der Waals surface area contributed by atoms with Crippen molar-refractivity contribution in [2.24, 2.45) is 5.73 Å². The molecule has 0 fully saturated rings. The SMILES string of the molecule is COC([SiH3])CC(N)(OC)OC. The van der Waals surface area contributed by atoms with Crippen LogP contribution in [0.15, 0.2) is 0 Å². The molecule has 1 atom stereocenters. The molecule has 0 aromatic heterocycles. The Bertz CT molecular complexity index is 108. The van der Waals surface area contributed by atoms with E-state index in [1.165, 1.54) is 14.2 Å². The summed E-state index contributed by atoms with van der Waals surface area (Å²) in [5, 5.41) is 0. The van der Waals surface area contributed by atoms with E-state index in [9.17, 15) is 0 Å². The smallest absolute Gasteiger partial charge is 0.226 e. The van der Waals surface area contributed by atoms with E-state index in [2.05, 4.69) is 0 Å². The summed E-state index contributed by atoms with van der Waals surface area (Å²) in [7, 11) is 5.62. The molecule has 0 aliphatic heterocycles. The summed E-state index contributed by atoms with van der Waals surface area (Å²) >= 11 is 0. The molecule has 0 bridgehead atoms. The van der Waals surface area contributed by atoms with Crippen LogP contribution in [0.2, 0.25) is 0 Å². The summed E-state index contributed by atoms with van der Waals surface area (Å²) in [6.07, 6.45) is 0.572. The van der Waals surface area contributed by atoms with Crippen molar-refractivity contribution in [1.82, 2.24) is 0 Å². The topological polar surface area (TPSA) is 53.7 Å². The molecule has 0 aromatic rings. The first-order valence-electron chi connectivity index (χ1n) is 3.50. The lowest BCUT2D eigenvalue weighted by Gasteiger charge is -2.28. The first-order chi connectivity index (χ1) is 5.08. The molecule has 0 aliphatic carbocycles. The maximum atomic E-state index is 5.67. The standard InChI is InChI=1S/C6H17NO3Si/c1-8-5(11)4-6(7,9-2)10-3/h5H,4,7H2,1-3,11H3. The van der Waals surface area contributed by atoms with Gasteiger partial charge in [-0.3, -0.25) is 5.73 Å². The fourth-order valence-electron chi connectivity index (χ4n) is 0.734. The number of methoxy groups -OCH3 is 3. The van der Waals surface area contributed by atoms with Gasteiger partial charge in [0.15, 0.2) is 0 Å². The average Bonchev–Trinajstić information content (AvgIpc) is 2.04. The molecule has 5 heteroatoms. The zero-order valence-electron chi connectivity index (χ0n) is 7.59. The van der Waals surface area contributed by atoms with Crippen molar-refractivity contribution >= 4 is 10.2 Å². The van der Waals surface area contributed by atoms with Crippen molar-refractivity contribution < 1.29 is 14.2 Å². The summed E-state index contributed by atoms with van der Waals surface area (Å²) < 4.78 is 15.0. The van der Waals surface area contributed by atoms with E-state index in [0.29, 0.717) is 6.42 Å². The van der Waals surface area contributed by atoms with Crippen LogP contribution in [0, 0.1) is 0 Å². The van der Waals surface area contributed by atoms with E-state index in [-0.39, 0.29) is 5.73 Å². The molecule has 0 amide bonds. The van der Waals surface area contributed by atoms with Crippen LogP contribution in [0.1, 0.15) is 6.42 Å². The number of hydrogen-bond acceptors (Lipinski definition) is 4. The summed E-state index contributed by atoms with van der Waals surface area (Å²) in [5.74, 6) is -0.984. The third-order valence-corrected chi connectivity index (χ3v) is 2.55. The van der Waals surface area contributed by atoms with Crippen LogP contribution < -0.4 is 5.73 Å². The van der Waals surface area contributed by atoms with Crippen molar-refractivity contribution in [3.63, 3.8) is 0 Å². The Morgan fingerprint density at radius 2 is 1.82 bits per heavy atom. The highest BCUT2D eigenvalue weighted by Gasteiger charge is 2.26. The molecule has 0 radical (unpaired) electrons. The highest BCUT2D eigenvalue weighted by atomic mass is 28.1. The lowest BCUT2D eigenvalue weighted by molar-refractivity contribution is -0.214. The molecular weight excluding hydrogens is 162 g/mol. The van der Waals surface area contributed by atoms with Crippen molar-refractivity contribution in [2.75, 3.05) is 21.3 Å². The van der Waals surface area contributed by atoms with Crippen molar-refractivity contribution in [3.05, 3.63) is 0 Å². The van der Waals surface area contributed by atoms with E-state index in [0.717, 1.165) is 10.2 Å². The highest BCUT2D eigenvalue weighted by molar-refractivity contribution is 6.11. The normalized spacial score (nSPS) is 15.3. The van der Waals surface area contributed by atoms with Gasteiger partial charge in [0.05, 0.1) is 0 Å². The first-order valence-corrected chi connectivity index (χ1v) is 4.65. The molecule has 0 heterocycles. The van der Waals surface area contributed by atoms with Crippen molar-refractivity contribution in [2.45, 2.75) is 18.1 Å². The minimum absolute atomic E-state index is 0.167. The number of hydrogen-bond donors (Lipinski definition) is 1. The van der Waals surface area contributed by atoms with E-state index in [1.807, 2.05) is 0 Å². The summed E-state index contributed by atoms with van der Waals surface area (Å²) in [6.45, 7) is 0. The molecule has 2 N–H and O–H groups in total. The van der Waals surface area contributed by atoms with Gasteiger partial charge in [-0.25, -0.2) is 0 Å². The second-order valence-electron chi connectivity index (χ2n) is 2.47. The second-order valence-corrected chi connectivity index (χ2v) is 3.76. The van der Waals surface area contributed by atoms with Crippen LogP contribution in [0.5, 0.6) is 0 Å². The number of rotatable bonds is 5. The van der Waals surface area contributed by atoms with Gasteiger partial charge >= 0.3 is 0 Å². The van der Waals surface area contributed by atoms with Gasteiger partial charge in [-0.15, -0.1) is 0 Å². The molecule has 4 nitrogen and oxygen atoms in total. The van der Waals surface area contributed by atoms with Crippen molar-refractivity contribution in [3.8, 4) is 0 Å². The van der Waals surface area contributed by atoms with Crippen LogP contribution in [0.4, 0.5) is 0 Å². The Kier molecular flexibility index (Phi) is 4.86. The first kappa shape index (κ1) is 11.1. The van der Waals surface area contributed by atoms with E-state index in [4.69, 9.17) is 19.9 Å². The Morgan fingerprint density at radius 1 is 1.36 bits per heavy atom. The second kappa shape index (κ2) is 4.84. The molecule has 0 aromatic carbocycles. The Balaban J connectivity index is 3.86. The molecule has 0 saturated carbocycles. The maximum Gasteiger partial charge on any atom is 0.226 e. The molecule has 11 heavy (non-hydrogen) atoms. The fourth-order valence-corrected chi connectivity index (χ4v) is 1.30. The molecule has 1 unspecified atom stereocenters. The van der Waals surface area contributed by atoms with Crippen molar-refractivity contribution in [1.29, 1.82) is 0 Å². The molecule has 0 aliphatic rings. The Labute approximate surface area is 70.4 Å². The largest absolute Gasteiger partial charge is 0.386 e. The van der Waals surface area contributed by atoms with Gasteiger partial charge < -0.3 is 14.2 Å². The minimum atomic E-state index is -0.984.